The lowest BCUT2D eigenvalue weighted by atomic mass is 10.1. The standard InChI is InChI=1S/C13H17ClN2S/c14-10-5-6-12(11(8-10)13(15)17)16-7-1-2-9-3-4-9/h5-6,8-9,16H,1-4,7H2,(H2,15,17). The summed E-state index contributed by atoms with van der Waals surface area (Å²) >= 11 is 10.9. The molecular weight excluding hydrogens is 252 g/mol. The van der Waals surface area contributed by atoms with Crippen LogP contribution in [0.3, 0.4) is 0 Å². The summed E-state index contributed by atoms with van der Waals surface area (Å²) in [6, 6.07) is 5.60. The van der Waals surface area contributed by atoms with E-state index in [9.17, 15) is 0 Å². The van der Waals surface area contributed by atoms with Crippen molar-refractivity contribution in [2.24, 2.45) is 11.7 Å². The van der Waals surface area contributed by atoms with Gasteiger partial charge >= 0.3 is 0 Å². The van der Waals surface area contributed by atoms with Gasteiger partial charge in [0.05, 0.1) is 0 Å². The lowest BCUT2D eigenvalue weighted by molar-refractivity contribution is 0.687. The first kappa shape index (κ1) is 12.7. The topological polar surface area (TPSA) is 38.0 Å². The summed E-state index contributed by atoms with van der Waals surface area (Å²) in [6.45, 7) is 0.966. The summed E-state index contributed by atoms with van der Waals surface area (Å²) in [5.74, 6) is 0.983. The van der Waals surface area contributed by atoms with Gasteiger partial charge in [-0.25, -0.2) is 0 Å². The Morgan fingerprint density at radius 3 is 2.88 bits per heavy atom. The first-order chi connectivity index (χ1) is 8.16. The molecular formula is C13H17ClN2S. The lowest BCUT2D eigenvalue weighted by Gasteiger charge is -2.11. The Morgan fingerprint density at radius 1 is 1.47 bits per heavy atom. The third-order valence-corrected chi connectivity index (χ3v) is 3.50. The van der Waals surface area contributed by atoms with E-state index in [0.717, 1.165) is 23.7 Å². The van der Waals surface area contributed by atoms with Crippen molar-refractivity contribution in [1.82, 2.24) is 0 Å². The van der Waals surface area contributed by atoms with Crippen molar-refractivity contribution in [2.75, 3.05) is 11.9 Å². The number of rotatable bonds is 6. The van der Waals surface area contributed by atoms with Crippen LogP contribution in [-0.2, 0) is 0 Å². The van der Waals surface area contributed by atoms with Gasteiger partial charge in [-0.1, -0.05) is 36.7 Å². The molecule has 1 aliphatic carbocycles. The third-order valence-electron chi connectivity index (χ3n) is 3.05. The molecule has 0 spiro atoms. The highest BCUT2D eigenvalue weighted by atomic mass is 35.5. The van der Waals surface area contributed by atoms with Crippen molar-refractivity contribution in [3.8, 4) is 0 Å². The second-order valence-electron chi connectivity index (χ2n) is 4.57. The van der Waals surface area contributed by atoms with Gasteiger partial charge < -0.3 is 11.1 Å². The number of thiocarbonyl (C=S) groups is 1. The molecule has 2 nitrogen and oxygen atoms in total. The lowest BCUT2D eigenvalue weighted by Crippen LogP contribution is -2.13. The van der Waals surface area contributed by atoms with Crippen molar-refractivity contribution in [1.29, 1.82) is 0 Å². The van der Waals surface area contributed by atoms with Gasteiger partial charge in [-0.3, -0.25) is 0 Å². The molecule has 0 saturated heterocycles. The van der Waals surface area contributed by atoms with Crippen molar-refractivity contribution >= 4 is 34.5 Å². The van der Waals surface area contributed by atoms with E-state index in [-0.39, 0.29) is 0 Å². The van der Waals surface area contributed by atoms with Crippen LogP contribution >= 0.6 is 23.8 Å². The van der Waals surface area contributed by atoms with E-state index in [1.807, 2.05) is 18.2 Å². The van der Waals surface area contributed by atoms with E-state index < -0.39 is 0 Å². The molecule has 0 aromatic heterocycles. The second-order valence-corrected chi connectivity index (χ2v) is 5.44. The highest BCUT2D eigenvalue weighted by Gasteiger charge is 2.19. The third kappa shape index (κ3) is 3.86. The van der Waals surface area contributed by atoms with E-state index in [1.165, 1.54) is 25.7 Å². The summed E-state index contributed by atoms with van der Waals surface area (Å²) < 4.78 is 0. The van der Waals surface area contributed by atoms with E-state index in [4.69, 9.17) is 29.6 Å². The normalized spacial score (nSPS) is 14.6. The maximum absolute atomic E-state index is 5.93. The Hall–Kier alpha value is -0.800. The second kappa shape index (κ2) is 5.69. The Bertz CT molecular complexity index is 416. The molecule has 2 rings (SSSR count). The maximum atomic E-state index is 5.93. The van der Waals surface area contributed by atoms with Crippen LogP contribution < -0.4 is 11.1 Å². The summed E-state index contributed by atoms with van der Waals surface area (Å²) in [5.41, 5.74) is 7.50. The predicted molar refractivity (Wildman–Crippen MR) is 77.8 cm³/mol. The smallest absolute Gasteiger partial charge is 0.106 e. The number of hydrogen-bond donors (Lipinski definition) is 2. The fraction of sp³-hybridized carbons (Fsp3) is 0.462. The molecule has 1 saturated carbocycles. The van der Waals surface area contributed by atoms with Crippen LogP contribution in [0, 0.1) is 5.92 Å². The molecule has 1 aromatic rings. The van der Waals surface area contributed by atoms with Gasteiger partial charge in [0.25, 0.3) is 0 Å². The minimum Gasteiger partial charge on any atom is -0.389 e. The van der Waals surface area contributed by atoms with Crippen molar-refractivity contribution in [3.05, 3.63) is 28.8 Å². The highest BCUT2D eigenvalue weighted by molar-refractivity contribution is 7.80. The van der Waals surface area contributed by atoms with Crippen LogP contribution in [0.2, 0.25) is 5.02 Å². The van der Waals surface area contributed by atoms with Crippen LogP contribution in [-0.4, -0.2) is 11.5 Å². The zero-order chi connectivity index (χ0) is 12.3. The first-order valence-electron chi connectivity index (χ1n) is 6.00. The zero-order valence-electron chi connectivity index (χ0n) is 9.71. The fourth-order valence-corrected chi connectivity index (χ4v) is 2.24. The maximum Gasteiger partial charge on any atom is 0.106 e. The van der Waals surface area contributed by atoms with Crippen molar-refractivity contribution in [3.63, 3.8) is 0 Å². The van der Waals surface area contributed by atoms with Crippen molar-refractivity contribution in [2.45, 2.75) is 25.7 Å². The van der Waals surface area contributed by atoms with Crippen LogP contribution in [0.1, 0.15) is 31.2 Å². The van der Waals surface area contributed by atoms with Gasteiger partial charge in [0, 0.05) is 22.8 Å². The SMILES string of the molecule is NC(=S)c1cc(Cl)ccc1NCCCC1CC1. The average molecular weight is 269 g/mol. The van der Waals surface area contributed by atoms with Gasteiger partial charge in [0.15, 0.2) is 0 Å². The number of halogens is 1. The summed E-state index contributed by atoms with van der Waals surface area (Å²) in [7, 11) is 0. The molecule has 1 aliphatic rings. The Labute approximate surface area is 113 Å². The quantitative estimate of drug-likeness (QED) is 0.612. The molecule has 17 heavy (non-hydrogen) atoms. The molecule has 0 heterocycles. The number of anilines is 1. The van der Waals surface area contributed by atoms with Crippen LogP contribution in [0.25, 0.3) is 0 Å². The van der Waals surface area contributed by atoms with E-state index in [1.54, 1.807) is 0 Å². The van der Waals surface area contributed by atoms with Gasteiger partial charge in [0.1, 0.15) is 4.99 Å². The van der Waals surface area contributed by atoms with Crippen LogP contribution in [0.15, 0.2) is 18.2 Å². The summed E-state index contributed by atoms with van der Waals surface area (Å²) in [4.78, 5) is 0.386. The first-order valence-corrected chi connectivity index (χ1v) is 6.78. The van der Waals surface area contributed by atoms with E-state index in [0.29, 0.717) is 10.0 Å². The summed E-state index contributed by atoms with van der Waals surface area (Å²) in [5, 5.41) is 4.04. The minimum absolute atomic E-state index is 0.386. The fourth-order valence-electron chi connectivity index (χ4n) is 1.89. The number of hydrogen-bond acceptors (Lipinski definition) is 2. The Morgan fingerprint density at radius 2 is 2.24 bits per heavy atom. The largest absolute Gasteiger partial charge is 0.389 e. The molecule has 0 aliphatic heterocycles. The molecule has 0 atom stereocenters. The zero-order valence-corrected chi connectivity index (χ0v) is 11.3. The molecule has 0 bridgehead atoms. The molecule has 4 heteroatoms. The Kier molecular flexibility index (Phi) is 4.24. The van der Waals surface area contributed by atoms with Gasteiger partial charge in [0.2, 0.25) is 0 Å². The number of benzene rings is 1. The van der Waals surface area contributed by atoms with Gasteiger partial charge in [-0.2, -0.15) is 0 Å². The number of nitrogens with two attached hydrogens (primary N) is 1. The van der Waals surface area contributed by atoms with Crippen LogP contribution in [0.4, 0.5) is 5.69 Å². The van der Waals surface area contributed by atoms with Gasteiger partial charge in [-0.05, 0) is 37.0 Å². The summed E-state index contributed by atoms with van der Waals surface area (Å²) in [6.07, 6.45) is 5.35. The molecule has 92 valence electrons. The Balaban J connectivity index is 1.91. The molecule has 3 N–H and O–H groups in total. The van der Waals surface area contributed by atoms with Gasteiger partial charge in [-0.15, -0.1) is 0 Å². The van der Waals surface area contributed by atoms with Crippen molar-refractivity contribution < 1.29 is 0 Å². The highest BCUT2D eigenvalue weighted by Crippen LogP contribution is 2.33. The molecule has 0 amide bonds. The molecule has 0 unspecified atom stereocenters. The monoisotopic (exact) mass is 268 g/mol. The predicted octanol–water partition coefficient (Wildman–Crippen LogP) is 3.58. The number of nitrogens with one attached hydrogen (secondary N) is 1. The van der Waals surface area contributed by atoms with Crippen LogP contribution in [0.5, 0.6) is 0 Å². The minimum atomic E-state index is 0.386. The molecule has 1 aromatic carbocycles. The molecule has 0 radical (unpaired) electrons. The van der Waals surface area contributed by atoms with E-state index >= 15 is 0 Å². The average Bonchev–Trinajstić information content (AvgIpc) is 3.09. The van der Waals surface area contributed by atoms with E-state index in [2.05, 4.69) is 5.32 Å². The molecule has 1 fully saturated rings.